The van der Waals surface area contributed by atoms with Crippen molar-refractivity contribution in [2.45, 2.75) is 24.5 Å². The summed E-state index contributed by atoms with van der Waals surface area (Å²) in [5, 5.41) is 11.0. The summed E-state index contributed by atoms with van der Waals surface area (Å²) in [4.78, 5) is 26.4. The lowest BCUT2D eigenvalue weighted by molar-refractivity contribution is -0.136. The third-order valence-corrected chi connectivity index (χ3v) is 4.75. The number of hydrogen-bond acceptors (Lipinski definition) is 4. The standard InChI is InChI=1S/C21H21NO3/c1-16(14-17-8-4-2-5-9-17)20(24)21(25)12-13-22(19(21)15-23)18-10-6-3-7-11-18/h2-11,15,19,25H,1,12-14H2/t19?,21-/m0/s1. The number of carbonyl (C=O) groups is 2. The van der Waals surface area contributed by atoms with Crippen LogP contribution < -0.4 is 4.90 Å². The van der Waals surface area contributed by atoms with E-state index in [2.05, 4.69) is 6.58 Å². The van der Waals surface area contributed by atoms with Crippen LogP contribution in [0.4, 0.5) is 5.69 Å². The zero-order valence-corrected chi connectivity index (χ0v) is 14.0. The molecule has 128 valence electrons. The van der Waals surface area contributed by atoms with Gasteiger partial charge in [0.15, 0.2) is 11.4 Å². The zero-order chi connectivity index (χ0) is 17.9. The highest BCUT2D eigenvalue weighted by molar-refractivity contribution is 6.05. The van der Waals surface area contributed by atoms with Crippen molar-refractivity contribution in [1.29, 1.82) is 0 Å². The quantitative estimate of drug-likeness (QED) is 0.651. The van der Waals surface area contributed by atoms with Crippen molar-refractivity contribution in [3.63, 3.8) is 0 Å². The van der Waals surface area contributed by atoms with Crippen LogP contribution >= 0.6 is 0 Å². The molecule has 2 aromatic carbocycles. The highest BCUT2D eigenvalue weighted by atomic mass is 16.3. The number of rotatable bonds is 6. The minimum atomic E-state index is -1.73. The third-order valence-electron chi connectivity index (χ3n) is 4.75. The van der Waals surface area contributed by atoms with E-state index in [1.54, 1.807) is 4.90 Å². The molecule has 4 heteroatoms. The fraction of sp³-hybridized carbons (Fsp3) is 0.238. The summed E-state index contributed by atoms with van der Waals surface area (Å²) >= 11 is 0. The molecule has 1 unspecified atom stereocenters. The van der Waals surface area contributed by atoms with Gasteiger partial charge in [-0.3, -0.25) is 4.79 Å². The SMILES string of the molecule is C=C(Cc1ccccc1)C(=O)[C@]1(O)CCN(c2ccccc2)C1C=O. The largest absolute Gasteiger partial charge is 0.379 e. The molecule has 1 heterocycles. The van der Waals surface area contributed by atoms with Gasteiger partial charge < -0.3 is 14.8 Å². The van der Waals surface area contributed by atoms with Gasteiger partial charge >= 0.3 is 0 Å². The number of benzene rings is 2. The average molecular weight is 335 g/mol. The summed E-state index contributed by atoms with van der Waals surface area (Å²) < 4.78 is 0. The van der Waals surface area contributed by atoms with Crippen molar-refractivity contribution < 1.29 is 14.7 Å². The first-order valence-electron chi connectivity index (χ1n) is 8.32. The maximum absolute atomic E-state index is 12.9. The smallest absolute Gasteiger partial charge is 0.192 e. The van der Waals surface area contributed by atoms with Gasteiger partial charge in [0.25, 0.3) is 0 Å². The van der Waals surface area contributed by atoms with Crippen LogP contribution in [0.2, 0.25) is 0 Å². The molecule has 3 rings (SSSR count). The van der Waals surface area contributed by atoms with Crippen molar-refractivity contribution >= 4 is 17.8 Å². The molecule has 1 N–H and O–H groups in total. The number of nitrogens with zero attached hydrogens (tertiary/aromatic N) is 1. The van der Waals surface area contributed by atoms with Gasteiger partial charge in [0.2, 0.25) is 0 Å². The molecule has 1 fully saturated rings. The molecule has 0 saturated carbocycles. The van der Waals surface area contributed by atoms with E-state index in [0.29, 0.717) is 24.8 Å². The summed E-state index contributed by atoms with van der Waals surface area (Å²) in [6, 6.07) is 17.9. The lowest BCUT2D eigenvalue weighted by atomic mass is 9.85. The zero-order valence-electron chi connectivity index (χ0n) is 14.0. The Morgan fingerprint density at radius 2 is 1.76 bits per heavy atom. The van der Waals surface area contributed by atoms with Crippen LogP contribution in [0.25, 0.3) is 0 Å². The van der Waals surface area contributed by atoms with Crippen molar-refractivity contribution in [2.24, 2.45) is 0 Å². The van der Waals surface area contributed by atoms with Crippen molar-refractivity contribution in [3.05, 3.63) is 78.4 Å². The number of hydrogen-bond donors (Lipinski definition) is 1. The molecule has 25 heavy (non-hydrogen) atoms. The number of Topliss-reactive ketones (excluding diaryl/α,β-unsaturated/α-hetero) is 1. The molecule has 1 saturated heterocycles. The Hall–Kier alpha value is -2.72. The molecule has 0 radical (unpaired) electrons. The van der Waals surface area contributed by atoms with E-state index in [1.165, 1.54) is 0 Å². The maximum Gasteiger partial charge on any atom is 0.192 e. The molecular weight excluding hydrogens is 314 g/mol. The first-order chi connectivity index (χ1) is 12.1. The normalized spacial score (nSPS) is 22.6. The highest BCUT2D eigenvalue weighted by Gasteiger charge is 2.52. The van der Waals surface area contributed by atoms with Gasteiger partial charge in [-0.15, -0.1) is 0 Å². The second kappa shape index (κ2) is 7.03. The molecule has 1 aliphatic heterocycles. The summed E-state index contributed by atoms with van der Waals surface area (Å²) in [7, 11) is 0. The van der Waals surface area contributed by atoms with Crippen molar-refractivity contribution in [3.8, 4) is 0 Å². The van der Waals surface area contributed by atoms with Crippen LogP contribution in [0, 0.1) is 0 Å². The Bertz CT molecular complexity index is 772. The lowest BCUT2D eigenvalue weighted by Crippen LogP contribution is -2.52. The predicted molar refractivity (Wildman–Crippen MR) is 97.5 cm³/mol. The van der Waals surface area contributed by atoms with E-state index in [-0.39, 0.29) is 6.42 Å². The maximum atomic E-state index is 12.9. The fourth-order valence-corrected chi connectivity index (χ4v) is 3.41. The Morgan fingerprint density at radius 3 is 2.36 bits per heavy atom. The monoisotopic (exact) mass is 335 g/mol. The second-order valence-electron chi connectivity index (χ2n) is 6.38. The van der Waals surface area contributed by atoms with E-state index in [4.69, 9.17) is 0 Å². The fourth-order valence-electron chi connectivity index (χ4n) is 3.41. The van der Waals surface area contributed by atoms with Crippen molar-refractivity contribution in [2.75, 3.05) is 11.4 Å². The highest BCUT2D eigenvalue weighted by Crippen LogP contribution is 2.34. The summed E-state index contributed by atoms with van der Waals surface area (Å²) in [6.07, 6.45) is 1.23. The van der Waals surface area contributed by atoms with E-state index in [9.17, 15) is 14.7 Å². The van der Waals surface area contributed by atoms with Gasteiger partial charge in [0.05, 0.1) is 0 Å². The molecular formula is C21H21NO3. The second-order valence-corrected chi connectivity index (χ2v) is 6.38. The molecule has 0 aromatic heterocycles. The summed E-state index contributed by atoms with van der Waals surface area (Å²) in [5.74, 6) is -0.452. The Morgan fingerprint density at radius 1 is 1.16 bits per heavy atom. The molecule has 0 spiro atoms. The number of anilines is 1. The van der Waals surface area contributed by atoms with Crippen LogP contribution in [-0.4, -0.2) is 35.4 Å². The Kier molecular flexibility index (Phi) is 4.81. The number of ketones is 1. The van der Waals surface area contributed by atoms with Gasteiger partial charge in [-0.2, -0.15) is 0 Å². The van der Waals surface area contributed by atoms with Crippen LogP contribution in [-0.2, 0) is 16.0 Å². The minimum absolute atomic E-state index is 0.206. The third kappa shape index (κ3) is 3.26. The number of para-hydroxylation sites is 1. The number of aliphatic hydroxyl groups is 1. The van der Waals surface area contributed by atoms with Gasteiger partial charge in [-0.1, -0.05) is 55.1 Å². The van der Waals surface area contributed by atoms with Gasteiger partial charge in [0, 0.05) is 25.1 Å². The average Bonchev–Trinajstić information content (AvgIpc) is 3.00. The molecule has 0 bridgehead atoms. The molecule has 0 amide bonds. The van der Waals surface area contributed by atoms with Crippen LogP contribution in [0.3, 0.4) is 0 Å². The lowest BCUT2D eigenvalue weighted by Gasteiger charge is -2.30. The van der Waals surface area contributed by atoms with E-state index in [0.717, 1.165) is 11.3 Å². The topological polar surface area (TPSA) is 57.6 Å². The molecule has 2 aromatic rings. The molecule has 1 aliphatic rings. The first-order valence-corrected chi connectivity index (χ1v) is 8.32. The molecule has 4 nitrogen and oxygen atoms in total. The van der Waals surface area contributed by atoms with E-state index in [1.807, 2.05) is 60.7 Å². The van der Waals surface area contributed by atoms with Gasteiger partial charge in [0.1, 0.15) is 12.3 Å². The van der Waals surface area contributed by atoms with E-state index < -0.39 is 17.4 Å². The number of aldehydes is 1. The first kappa shape index (κ1) is 17.1. The predicted octanol–water partition coefficient (Wildman–Crippen LogP) is 2.56. The number of carbonyl (C=O) groups excluding carboxylic acids is 2. The Balaban J connectivity index is 1.81. The van der Waals surface area contributed by atoms with E-state index >= 15 is 0 Å². The van der Waals surface area contributed by atoms with Crippen LogP contribution in [0.5, 0.6) is 0 Å². The Labute approximate surface area is 147 Å². The summed E-state index contributed by atoms with van der Waals surface area (Å²) in [6.45, 7) is 4.30. The molecule has 0 aliphatic carbocycles. The summed E-state index contributed by atoms with van der Waals surface area (Å²) in [5.41, 5.74) is 0.348. The van der Waals surface area contributed by atoms with Crippen LogP contribution in [0.15, 0.2) is 72.8 Å². The van der Waals surface area contributed by atoms with Crippen LogP contribution in [0.1, 0.15) is 12.0 Å². The minimum Gasteiger partial charge on any atom is -0.379 e. The molecule has 2 atom stereocenters. The van der Waals surface area contributed by atoms with Crippen molar-refractivity contribution in [1.82, 2.24) is 0 Å². The van der Waals surface area contributed by atoms with Gasteiger partial charge in [-0.05, 0) is 23.3 Å². The van der Waals surface area contributed by atoms with Gasteiger partial charge in [-0.25, -0.2) is 0 Å².